The lowest BCUT2D eigenvalue weighted by molar-refractivity contribution is -0.189. The molecule has 0 aliphatic heterocycles. The van der Waals surface area contributed by atoms with E-state index in [1.54, 1.807) is 12.5 Å². The lowest BCUT2D eigenvalue weighted by Crippen LogP contribution is -2.56. The van der Waals surface area contributed by atoms with Crippen LogP contribution in [0.3, 0.4) is 0 Å². The van der Waals surface area contributed by atoms with Crippen molar-refractivity contribution in [1.82, 2.24) is 0 Å². The molecule has 4 fully saturated rings. The van der Waals surface area contributed by atoms with Gasteiger partial charge < -0.3 is 18.7 Å². The van der Waals surface area contributed by atoms with E-state index in [4.69, 9.17) is 13.6 Å². The first kappa shape index (κ1) is 27.0. The molecule has 4 aliphatic rings. The Kier molecular flexibility index (Phi) is 7.14. The van der Waals surface area contributed by atoms with E-state index >= 15 is 0 Å². The van der Waals surface area contributed by atoms with Crippen molar-refractivity contribution in [2.75, 3.05) is 0 Å². The molecule has 9 atom stereocenters. The predicted molar refractivity (Wildman–Crippen MR) is 147 cm³/mol. The maximum atomic E-state index is 12.0. The number of furan rings is 1. The summed E-state index contributed by atoms with van der Waals surface area (Å²) in [4.78, 5) is 0. The Balaban J connectivity index is 1.28. The maximum Gasteiger partial charge on any atom is 0.174 e. The minimum Gasteiger partial charge on any atom is -0.472 e. The first-order valence-electron chi connectivity index (χ1n) is 14.9. The Hall–Kier alpha value is -0.623. The average Bonchev–Trinajstić information content (AvgIpc) is 3.40. The Bertz CT molecular complexity index is 893. The van der Waals surface area contributed by atoms with Gasteiger partial charge in [-0.2, -0.15) is 0 Å². The summed E-state index contributed by atoms with van der Waals surface area (Å²) < 4.78 is 18.5. The molecule has 4 nitrogen and oxygen atoms in total. The van der Waals surface area contributed by atoms with Gasteiger partial charge in [0.25, 0.3) is 0 Å². The van der Waals surface area contributed by atoms with Crippen LogP contribution < -0.4 is 0 Å². The largest absolute Gasteiger partial charge is 0.472 e. The summed E-state index contributed by atoms with van der Waals surface area (Å²) in [5.74, 6) is 2.89. The standard InChI is InChI=1S/C31H52O4Si/c1-28(2,3)19-27(35-36(6)7)34-23-10-14-29(4)21(18-23)8-9-24-25(29)11-15-30(5)26(24)12-16-31(30,32)22-13-17-33-20-22/h13,17,20-21,23-27,32,36H,8-12,14-16,18-19H2,1-7H3/t21-,23-,24+,25-,26-,27?,29-,30-,31+/m0/s1. The summed E-state index contributed by atoms with van der Waals surface area (Å²) >= 11 is 0. The van der Waals surface area contributed by atoms with Crippen molar-refractivity contribution in [3.63, 3.8) is 0 Å². The van der Waals surface area contributed by atoms with Gasteiger partial charge in [-0.3, -0.25) is 0 Å². The molecule has 0 bridgehead atoms. The van der Waals surface area contributed by atoms with Gasteiger partial charge in [0.1, 0.15) is 6.29 Å². The van der Waals surface area contributed by atoms with Crippen LogP contribution in [0.2, 0.25) is 13.1 Å². The van der Waals surface area contributed by atoms with E-state index in [2.05, 4.69) is 47.7 Å². The van der Waals surface area contributed by atoms with E-state index in [9.17, 15) is 5.11 Å². The van der Waals surface area contributed by atoms with E-state index in [0.29, 0.717) is 17.4 Å². The smallest absolute Gasteiger partial charge is 0.174 e. The van der Waals surface area contributed by atoms with Crippen LogP contribution in [0.1, 0.15) is 104 Å². The fourth-order valence-electron chi connectivity index (χ4n) is 9.48. The molecule has 5 rings (SSSR count). The molecule has 0 spiro atoms. The highest BCUT2D eigenvalue weighted by Crippen LogP contribution is 2.70. The summed E-state index contributed by atoms with van der Waals surface area (Å²) in [7, 11) is -1.15. The highest BCUT2D eigenvalue weighted by molar-refractivity contribution is 6.48. The van der Waals surface area contributed by atoms with E-state index in [0.717, 1.165) is 49.0 Å². The first-order valence-corrected chi connectivity index (χ1v) is 17.7. The number of hydrogen-bond acceptors (Lipinski definition) is 4. The highest BCUT2D eigenvalue weighted by atomic mass is 28.3. The lowest BCUT2D eigenvalue weighted by Gasteiger charge is -2.61. The molecule has 0 aromatic carbocycles. The lowest BCUT2D eigenvalue weighted by atomic mass is 9.44. The van der Waals surface area contributed by atoms with Crippen LogP contribution in [0.25, 0.3) is 0 Å². The van der Waals surface area contributed by atoms with Gasteiger partial charge >= 0.3 is 0 Å². The third-order valence-electron chi connectivity index (χ3n) is 11.3. The van der Waals surface area contributed by atoms with Crippen molar-refractivity contribution in [2.45, 2.75) is 130 Å². The van der Waals surface area contributed by atoms with Gasteiger partial charge in [0.2, 0.25) is 0 Å². The zero-order chi connectivity index (χ0) is 25.9. The third-order valence-corrected chi connectivity index (χ3v) is 12.2. The number of fused-ring (bicyclic) bond motifs is 5. The molecule has 1 unspecified atom stereocenters. The highest BCUT2D eigenvalue weighted by Gasteiger charge is 2.65. The summed E-state index contributed by atoms with van der Waals surface area (Å²) in [5.41, 5.74) is 0.845. The Morgan fingerprint density at radius 1 is 1.06 bits per heavy atom. The van der Waals surface area contributed by atoms with E-state index in [1.165, 1.54) is 38.5 Å². The molecule has 1 aromatic rings. The van der Waals surface area contributed by atoms with Crippen molar-refractivity contribution < 1.29 is 18.7 Å². The monoisotopic (exact) mass is 516 g/mol. The Morgan fingerprint density at radius 2 is 1.81 bits per heavy atom. The molecule has 4 saturated carbocycles. The molecule has 36 heavy (non-hydrogen) atoms. The van der Waals surface area contributed by atoms with Crippen LogP contribution in [0.15, 0.2) is 23.0 Å². The number of hydrogen-bond donors (Lipinski definition) is 1. The maximum absolute atomic E-state index is 12.0. The van der Waals surface area contributed by atoms with Crippen molar-refractivity contribution in [3.05, 3.63) is 24.2 Å². The van der Waals surface area contributed by atoms with Crippen LogP contribution in [0, 0.1) is 39.9 Å². The summed E-state index contributed by atoms with van der Waals surface area (Å²) in [6, 6.07) is 2.00. The zero-order valence-electron chi connectivity index (χ0n) is 24.0. The van der Waals surface area contributed by atoms with E-state index < -0.39 is 14.6 Å². The molecule has 0 radical (unpaired) electrons. The van der Waals surface area contributed by atoms with E-state index in [-0.39, 0.29) is 17.1 Å². The van der Waals surface area contributed by atoms with Crippen molar-refractivity contribution in [1.29, 1.82) is 0 Å². The fourth-order valence-corrected chi connectivity index (χ4v) is 10.2. The second-order valence-electron chi connectivity index (χ2n) is 14.9. The van der Waals surface area contributed by atoms with Crippen LogP contribution in [0.5, 0.6) is 0 Å². The summed E-state index contributed by atoms with van der Waals surface area (Å²) in [6.07, 6.45) is 15.5. The third kappa shape index (κ3) is 4.58. The van der Waals surface area contributed by atoms with Gasteiger partial charge in [-0.25, -0.2) is 0 Å². The second-order valence-corrected chi connectivity index (χ2v) is 17.3. The normalized spacial score (nSPS) is 43.6. The van der Waals surface area contributed by atoms with Gasteiger partial charge in [0, 0.05) is 17.4 Å². The molecule has 1 aromatic heterocycles. The zero-order valence-corrected chi connectivity index (χ0v) is 25.2. The molecule has 204 valence electrons. The fraction of sp³-hybridized carbons (Fsp3) is 0.871. The molecule has 0 amide bonds. The Labute approximate surface area is 221 Å². The molecule has 0 saturated heterocycles. The SMILES string of the molecule is C[SiH](C)OC(CC(C)(C)C)O[C@H]1CC[C@@]2(C)[C@@H](CC[C@@H]3[C@@H]2CC[C@@]2(C)[C@H]3CC[C@@]2(O)c2ccoc2)C1. The number of rotatable bonds is 6. The Morgan fingerprint density at radius 3 is 2.47 bits per heavy atom. The van der Waals surface area contributed by atoms with Crippen molar-refractivity contribution in [3.8, 4) is 0 Å². The average molecular weight is 517 g/mol. The van der Waals surface area contributed by atoms with Crippen molar-refractivity contribution >= 4 is 9.04 Å². The first-order chi connectivity index (χ1) is 16.9. The van der Waals surface area contributed by atoms with Crippen LogP contribution >= 0.6 is 0 Å². The quantitative estimate of drug-likeness (QED) is 0.311. The van der Waals surface area contributed by atoms with Gasteiger partial charge in [-0.1, -0.05) is 34.6 Å². The minimum atomic E-state index is -1.15. The predicted octanol–water partition coefficient (Wildman–Crippen LogP) is 7.66. The minimum absolute atomic E-state index is 0.0419. The summed E-state index contributed by atoms with van der Waals surface area (Å²) in [5, 5.41) is 12.0. The van der Waals surface area contributed by atoms with Crippen LogP contribution in [-0.2, 0) is 14.8 Å². The van der Waals surface area contributed by atoms with Gasteiger partial charge in [0.05, 0.1) is 24.2 Å². The van der Waals surface area contributed by atoms with Gasteiger partial charge in [-0.15, -0.1) is 0 Å². The molecule has 1 N–H and O–H groups in total. The molecular weight excluding hydrogens is 464 g/mol. The van der Waals surface area contributed by atoms with E-state index in [1.807, 2.05) is 6.07 Å². The molecule has 1 heterocycles. The van der Waals surface area contributed by atoms with Crippen molar-refractivity contribution in [2.24, 2.45) is 39.9 Å². The molecule has 5 heteroatoms. The second kappa shape index (κ2) is 9.53. The number of ether oxygens (including phenoxy) is 1. The van der Waals surface area contributed by atoms with Gasteiger partial charge in [-0.05, 0) is 111 Å². The molecule has 4 aliphatic carbocycles. The topological polar surface area (TPSA) is 51.8 Å². The summed E-state index contributed by atoms with van der Waals surface area (Å²) in [6.45, 7) is 16.4. The number of aliphatic hydroxyl groups is 1. The van der Waals surface area contributed by atoms with Crippen LogP contribution in [0.4, 0.5) is 0 Å². The van der Waals surface area contributed by atoms with Gasteiger partial charge in [0.15, 0.2) is 9.04 Å². The van der Waals surface area contributed by atoms with Crippen LogP contribution in [-0.4, -0.2) is 26.5 Å². The molecular formula is C31H52O4Si.